The smallest absolute Gasteiger partial charge is 0.353 e. The highest BCUT2D eigenvalue weighted by Crippen LogP contribution is 2.38. The Labute approximate surface area is 201 Å². The van der Waals surface area contributed by atoms with Gasteiger partial charge >= 0.3 is 5.69 Å². The largest absolute Gasteiger partial charge is 0.461 e. The van der Waals surface area contributed by atoms with Gasteiger partial charge in [0.1, 0.15) is 17.7 Å². The van der Waals surface area contributed by atoms with Crippen LogP contribution in [0, 0.1) is 10.1 Å². The van der Waals surface area contributed by atoms with Gasteiger partial charge in [0.05, 0.1) is 9.82 Å². The summed E-state index contributed by atoms with van der Waals surface area (Å²) in [6.45, 7) is 1.17. The molecule has 1 N–H and O–H groups in total. The molecule has 0 radical (unpaired) electrons. The van der Waals surface area contributed by atoms with Crippen LogP contribution in [-0.4, -0.2) is 42.7 Å². The number of aromatic nitrogens is 2. The molecule has 1 aliphatic heterocycles. The van der Waals surface area contributed by atoms with E-state index in [1.54, 1.807) is 12.1 Å². The molecule has 10 nitrogen and oxygen atoms in total. The Hall–Kier alpha value is -3.99. The van der Waals surface area contributed by atoms with E-state index in [9.17, 15) is 18.5 Å². The van der Waals surface area contributed by atoms with Gasteiger partial charge in [-0.15, -0.1) is 0 Å². The molecule has 0 unspecified atom stereocenters. The fraction of sp³-hybridized carbons (Fsp3) is 0.250. The summed E-state index contributed by atoms with van der Waals surface area (Å²) in [5, 5.41) is 16.0. The fourth-order valence-corrected chi connectivity index (χ4v) is 4.99. The molecule has 0 amide bonds. The molecule has 2 aromatic heterocycles. The minimum Gasteiger partial charge on any atom is -0.461 e. The van der Waals surface area contributed by atoms with Crippen LogP contribution in [0.4, 0.5) is 23.0 Å². The standard InChI is InChI=1S/C24H23N5O5S/c1-35(32,33)19-8-6-18(7-9-19)27-23-22(29(30)31)24(26-15-25-23)28-12-10-16(11-13-28)21-14-17-4-2-3-5-20(17)34-21/h2-9,14-16H,10-13H2,1H3,(H,25,26,27). The van der Waals surface area contributed by atoms with Crippen molar-refractivity contribution in [3.8, 4) is 0 Å². The van der Waals surface area contributed by atoms with Crippen molar-refractivity contribution >= 4 is 43.8 Å². The Bertz CT molecular complexity index is 1460. The number of nitrogens with one attached hydrogen (secondary N) is 1. The molecule has 0 spiro atoms. The second kappa shape index (κ2) is 8.99. The van der Waals surface area contributed by atoms with Crippen molar-refractivity contribution in [2.75, 3.05) is 29.6 Å². The van der Waals surface area contributed by atoms with E-state index in [1.807, 2.05) is 29.2 Å². The van der Waals surface area contributed by atoms with Gasteiger partial charge in [0.25, 0.3) is 0 Å². The van der Waals surface area contributed by atoms with E-state index >= 15 is 0 Å². The van der Waals surface area contributed by atoms with Gasteiger partial charge in [-0.2, -0.15) is 0 Å². The number of fused-ring (bicyclic) bond motifs is 1. The van der Waals surface area contributed by atoms with Crippen LogP contribution in [-0.2, 0) is 9.84 Å². The van der Waals surface area contributed by atoms with Gasteiger partial charge in [-0.1, -0.05) is 18.2 Å². The zero-order valence-electron chi connectivity index (χ0n) is 18.9. The molecular weight excluding hydrogens is 470 g/mol. The van der Waals surface area contributed by atoms with Crippen molar-refractivity contribution in [1.82, 2.24) is 9.97 Å². The molecule has 0 atom stereocenters. The van der Waals surface area contributed by atoms with Gasteiger partial charge in [-0.25, -0.2) is 18.4 Å². The van der Waals surface area contributed by atoms with E-state index in [0.29, 0.717) is 18.8 Å². The lowest BCUT2D eigenvalue weighted by Crippen LogP contribution is -2.34. The number of nitro groups is 1. The maximum Gasteiger partial charge on any atom is 0.353 e. The topological polar surface area (TPSA) is 131 Å². The lowest BCUT2D eigenvalue weighted by molar-refractivity contribution is -0.383. The van der Waals surface area contributed by atoms with Gasteiger partial charge in [-0.05, 0) is 49.2 Å². The highest BCUT2D eigenvalue weighted by atomic mass is 32.2. The van der Waals surface area contributed by atoms with E-state index in [-0.39, 0.29) is 28.1 Å². The van der Waals surface area contributed by atoms with Crippen LogP contribution in [0.15, 0.2) is 70.2 Å². The first-order valence-electron chi connectivity index (χ1n) is 11.1. The Kier molecular flexibility index (Phi) is 5.85. The molecule has 0 saturated carbocycles. The molecule has 3 heterocycles. The summed E-state index contributed by atoms with van der Waals surface area (Å²) in [6, 6.07) is 15.9. The third-order valence-corrected chi connectivity index (χ3v) is 7.30. The van der Waals surface area contributed by atoms with E-state index < -0.39 is 14.8 Å². The summed E-state index contributed by atoms with van der Waals surface area (Å²) in [4.78, 5) is 21.9. The number of rotatable bonds is 6. The highest BCUT2D eigenvalue weighted by Gasteiger charge is 2.31. The van der Waals surface area contributed by atoms with Crippen molar-refractivity contribution < 1.29 is 17.8 Å². The minimum atomic E-state index is -3.34. The number of hydrogen-bond donors (Lipinski definition) is 1. The van der Waals surface area contributed by atoms with Crippen molar-refractivity contribution in [2.24, 2.45) is 0 Å². The molecule has 35 heavy (non-hydrogen) atoms. The predicted octanol–water partition coefficient (Wildman–Crippen LogP) is 4.66. The summed E-state index contributed by atoms with van der Waals surface area (Å²) in [6.07, 6.45) is 3.96. The molecule has 0 aliphatic carbocycles. The van der Waals surface area contributed by atoms with E-state index in [4.69, 9.17) is 4.42 Å². The van der Waals surface area contributed by atoms with E-state index in [1.165, 1.54) is 18.5 Å². The molecule has 180 valence electrons. The van der Waals surface area contributed by atoms with Crippen LogP contribution in [0.2, 0.25) is 0 Å². The second-order valence-corrected chi connectivity index (χ2v) is 10.5. The molecule has 1 saturated heterocycles. The van der Waals surface area contributed by atoms with Crippen LogP contribution in [0.1, 0.15) is 24.5 Å². The second-order valence-electron chi connectivity index (χ2n) is 8.52. The van der Waals surface area contributed by atoms with Gasteiger partial charge in [0.2, 0.25) is 11.6 Å². The number of hydrogen-bond acceptors (Lipinski definition) is 9. The lowest BCUT2D eigenvalue weighted by Gasteiger charge is -2.31. The first-order chi connectivity index (χ1) is 16.8. The summed E-state index contributed by atoms with van der Waals surface area (Å²) in [5.41, 5.74) is 1.12. The third kappa shape index (κ3) is 4.67. The molecule has 5 rings (SSSR count). The summed E-state index contributed by atoms with van der Waals surface area (Å²) < 4.78 is 29.4. The first kappa shape index (κ1) is 22.8. The summed E-state index contributed by atoms with van der Waals surface area (Å²) >= 11 is 0. The number of nitrogens with zero attached hydrogens (tertiary/aromatic N) is 4. The predicted molar refractivity (Wildman–Crippen MR) is 132 cm³/mol. The molecule has 1 fully saturated rings. The number of benzene rings is 2. The maximum absolute atomic E-state index is 12.0. The fourth-order valence-electron chi connectivity index (χ4n) is 4.36. The van der Waals surface area contributed by atoms with Crippen molar-refractivity contribution in [3.63, 3.8) is 0 Å². The number of piperidine rings is 1. The van der Waals surface area contributed by atoms with Crippen LogP contribution in [0.3, 0.4) is 0 Å². The lowest BCUT2D eigenvalue weighted by atomic mass is 9.94. The Morgan fingerprint density at radius 1 is 1.09 bits per heavy atom. The average molecular weight is 494 g/mol. The molecule has 0 bridgehead atoms. The Morgan fingerprint density at radius 3 is 2.46 bits per heavy atom. The molecule has 11 heteroatoms. The number of para-hydroxylation sites is 1. The van der Waals surface area contributed by atoms with Gasteiger partial charge in [0.15, 0.2) is 9.84 Å². The van der Waals surface area contributed by atoms with Crippen LogP contribution >= 0.6 is 0 Å². The molecule has 1 aliphatic rings. The Balaban J connectivity index is 1.35. The van der Waals surface area contributed by atoms with Crippen molar-refractivity contribution in [1.29, 1.82) is 0 Å². The quantitative estimate of drug-likeness (QED) is 0.301. The number of furan rings is 1. The van der Waals surface area contributed by atoms with Gasteiger partial charge < -0.3 is 14.6 Å². The van der Waals surface area contributed by atoms with Crippen molar-refractivity contribution in [2.45, 2.75) is 23.7 Å². The highest BCUT2D eigenvalue weighted by molar-refractivity contribution is 7.90. The average Bonchev–Trinajstić information content (AvgIpc) is 3.28. The SMILES string of the molecule is CS(=O)(=O)c1ccc(Nc2ncnc(N3CCC(c4cc5ccccc5o4)CC3)c2[N+](=O)[O-])cc1. The van der Waals surface area contributed by atoms with Crippen LogP contribution < -0.4 is 10.2 Å². The van der Waals surface area contributed by atoms with Crippen LogP contribution in [0.25, 0.3) is 11.0 Å². The normalized spacial score (nSPS) is 14.8. The first-order valence-corrected chi connectivity index (χ1v) is 13.0. The van der Waals surface area contributed by atoms with Gasteiger partial charge in [0, 0.05) is 36.3 Å². The van der Waals surface area contributed by atoms with Crippen molar-refractivity contribution in [3.05, 3.63) is 76.8 Å². The Morgan fingerprint density at radius 2 is 1.80 bits per heavy atom. The monoisotopic (exact) mass is 493 g/mol. The number of sulfone groups is 1. The molecule has 2 aromatic carbocycles. The van der Waals surface area contributed by atoms with E-state index in [0.717, 1.165) is 35.8 Å². The third-order valence-electron chi connectivity index (χ3n) is 6.17. The zero-order chi connectivity index (χ0) is 24.6. The maximum atomic E-state index is 12.0. The molecular formula is C24H23N5O5S. The summed E-state index contributed by atoms with van der Waals surface area (Å²) in [5.74, 6) is 1.46. The zero-order valence-corrected chi connectivity index (χ0v) is 19.7. The number of anilines is 3. The van der Waals surface area contributed by atoms with Crippen LogP contribution in [0.5, 0.6) is 0 Å². The molecule has 4 aromatic rings. The van der Waals surface area contributed by atoms with E-state index in [2.05, 4.69) is 21.4 Å². The minimum absolute atomic E-state index is 0.0477. The summed E-state index contributed by atoms with van der Waals surface area (Å²) in [7, 11) is -3.34. The van der Waals surface area contributed by atoms with Gasteiger partial charge in [-0.3, -0.25) is 10.1 Å².